The molecule has 1 saturated heterocycles. The lowest BCUT2D eigenvalue weighted by molar-refractivity contribution is -0.157. The molecule has 1 unspecified atom stereocenters. The first-order valence-electron chi connectivity index (χ1n) is 8.61. The third-order valence-electron chi connectivity index (χ3n) is 4.06. The molecule has 1 N–H and O–H groups in total. The predicted octanol–water partition coefficient (Wildman–Crippen LogP) is 2.79. The quantitative estimate of drug-likeness (QED) is 0.585. The van der Waals surface area contributed by atoms with Crippen molar-refractivity contribution in [3.63, 3.8) is 0 Å². The van der Waals surface area contributed by atoms with Gasteiger partial charge in [0, 0.05) is 0 Å². The van der Waals surface area contributed by atoms with Crippen molar-refractivity contribution in [3.8, 4) is 0 Å². The summed E-state index contributed by atoms with van der Waals surface area (Å²) in [6, 6.07) is 9.32. The van der Waals surface area contributed by atoms with Crippen LogP contribution in [0.2, 0.25) is 0 Å². The predicted molar refractivity (Wildman–Crippen MR) is 101 cm³/mol. The van der Waals surface area contributed by atoms with Crippen LogP contribution < -0.4 is 0 Å². The highest BCUT2D eigenvalue weighted by atomic mass is 32.1. The molecule has 3 atom stereocenters. The molecule has 0 bridgehead atoms. The van der Waals surface area contributed by atoms with Gasteiger partial charge in [0.15, 0.2) is 0 Å². The van der Waals surface area contributed by atoms with E-state index in [0.29, 0.717) is 6.42 Å². The second-order valence-corrected chi connectivity index (χ2v) is 8.84. The molecule has 1 aliphatic heterocycles. The van der Waals surface area contributed by atoms with Gasteiger partial charge in [-0.3, -0.25) is 9.69 Å². The van der Waals surface area contributed by atoms with Crippen molar-refractivity contribution in [1.82, 2.24) is 4.90 Å². The summed E-state index contributed by atoms with van der Waals surface area (Å²) in [4.78, 5) is 25.6. The Bertz CT molecular complexity index is 641. The molecule has 1 aromatic rings. The fourth-order valence-corrected chi connectivity index (χ4v) is 3.13. The van der Waals surface area contributed by atoms with Crippen molar-refractivity contribution in [2.45, 2.75) is 63.2 Å². The number of ether oxygens (including phenoxy) is 2. The summed E-state index contributed by atoms with van der Waals surface area (Å²) >= 11 is 4.45. The topological polar surface area (TPSA) is 76.1 Å². The van der Waals surface area contributed by atoms with Crippen molar-refractivity contribution in [2.75, 3.05) is 6.61 Å². The SMILES string of the molecule is CC(C)(C)OC(=O)C[C@](C)(S)C(O)N1C(=O)OC[C@H]1Cc1ccccc1. The number of aliphatic hydroxyl groups is 1. The lowest BCUT2D eigenvalue weighted by atomic mass is 10.0. The van der Waals surface area contributed by atoms with Gasteiger partial charge in [-0.2, -0.15) is 12.6 Å². The van der Waals surface area contributed by atoms with Gasteiger partial charge in [-0.1, -0.05) is 30.3 Å². The number of rotatable bonds is 6. The third kappa shape index (κ3) is 5.38. The Kier molecular flexibility index (Phi) is 6.24. The van der Waals surface area contributed by atoms with Gasteiger partial charge in [0.2, 0.25) is 0 Å². The molecular weight excluding hydrogens is 354 g/mol. The number of aliphatic hydroxyl groups excluding tert-OH is 1. The van der Waals surface area contributed by atoms with Crippen LogP contribution in [0.1, 0.15) is 39.7 Å². The third-order valence-corrected chi connectivity index (χ3v) is 4.45. The van der Waals surface area contributed by atoms with Gasteiger partial charge in [-0.15, -0.1) is 0 Å². The Morgan fingerprint density at radius 3 is 2.54 bits per heavy atom. The first-order chi connectivity index (χ1) is 12.0. The number of cyclic esters (lactones) is 1. The largest absolute Gasteiger partial charge is 0.460 e. The number of carbonyl (C=O) groups is 2. The smallest absolute Gasteiger partial charge is 0.412 e. The molecule has 2 rings (SSSR count). The minimum absolute atomic E-state index is 0.142. The minimum atomic E-state index is -1.29. The zero-order valence-corrected chi connectivity index (χ0v) is 16.5. The highest BCUT2D eigenvalue weighted by Crippen LogP contribution is 2.31. The van der Waals surface area contributed by atoms with Crippen LogP contribution in [0.5, 0.6) is 0 Å². The first kappa shape index (κ1) is 20.6. The van der Waals surface area contributed by atoms with Gasteiger partial charge < -0.3 is 14.6 Å². The van der Waals surface area contributed by atoms with E-state index >= 15 is 0 Å². The molecule has 0 aromatic heterocycles. The first-order valence-corrected chi connectivity index (χ1v) is 9.05. The number of esters is 1. The van der Waals surface area contributed by atoms with Crippen LogP contribution in [0.4, 0.5) is 4.79 Å². The molecule has 26 heavy (non-hydrogen) atoms. The van der Waals surface area contributed by atoms with Gasteiger partial charge in [-0.05, 0) is 39.7 Å². The summed E-state index contributed by atoms with van der Waals surface area (Å²) < 4.78 is 9.25. The van der Waals surface area contributed by atoms with E-state index in [4.69, 9.17) is 9.47 Å². The molecule has 0 saturated carbocycles. The number of amides is 1. The van der Waals surface area contributed by atoms with E-state index < -0.39 is 28.6 Å². The molecule has 1 fully saturated rings. The summed E-state index contributed by atoms with van der Waals surface area (Å²) in [5.74, 6) is -0.485. The molecule has 7 heteroatoms. The molecule has 0 radical (unpaired) electrons. The fraction of sp³-hybridized carbons (Fsp3) is 0.579. The lowest BCUT2D eigenvalue weighted by Crippen LogP contribution is -2.53. The molecule has 6 nitrogen and oxygen atoms in total. The molecule has 0 aliphatic carbocycles. The van der Waals surface area contributed by atoms with Crippen LogP contribution >= 0.6 is 12.6 Å². The van der Waals surface area contributed by atoms with Crippen LogP contribution in [0.3, 0.4) is 0 Å². The van der Waals surface area contributed by atoms with E-state index in [1.165, 1.54) is 4.90 Å². The Hall–Kier alpha value is -1.73. The molecule has 0 spiro atoms. The van der Waals surface area contributed by atoms with Gasteiger partial charge in [-0.25, -0.2) is 4.79 Å². The number of thiol groups is 1. The van der Waals surface area contributed by atoms with Crippen LogP contribution in [-0.2, 0) is 20.7 Å². The summed E-state index contributed by atoms with van der Waals surface area (Å²) in [6.07, 6.45) is -1.50. The molecule has 1 aliphatic rings. The van der Waals surface area contributed by atoms with E-state index in [1.807, 2.05) is 30.3 Å². The Balaban J connectivity index is 2.09. The van der Waals surface area contributed by atoms with Crippen LogP contribution in [0.15, 0.2) is 30.3 Å². The Morgan fingerprint density at radius 2 is 1.96 bits per heavy atom. The van der Waals surface area contributed by atoms with Gasteiger partial charge in [0.05, 0.1) is 17.2 Å². The second kappa shape index (κ2) is 7.88. The highest BCUT2D eigenvalue weighted by molar-refractivity contribution is 7.81. The summed E-state index contributed by atoms with van der Waals surface area (Å²) in [5, 5.41) is 10.8. The summed E-state index contributed by atoms with van der Waals surface area (Å²) in [7, 11) is 0. The average Bonchev–Trinajstić information content (AvgIpc) is 2.85. The normalized spacial score (nSPS) is 21.1. The van der Waals surface area contributed by atoms with Crippen LogP contribution in [-0.4, -0.2) is 51.3 Å². The number of hydrogen-bond acceptors (Lipinski definition) is 6. The Morgan fingerprint density at radius 1 is 1.35 bits per heavy atom. The average molecular weight is 381 g/mol. The van der Waals surface area contributed by atoms with E-state index in [9.17, 15) is 14.7 Å². The number of hydrogen-bond donors (Lipinski definition) is 2. The fourth-order valence-electron chi connectivity index (χ4n) is 2.88. The lowest BCUT2D eigenvalue weighted by Gasteiger charge is -2.37. The molecule has 144 valence electrons. The van der Waals surface area contributed by atoms with E-state index in [0.717, 1.165) is 5.56 Å². The maximum atomic E-state index is 12.2. The summed E-state index contributed by atoms with van der Waals surface area (Å²) in [5.41, 5.74) is 0.398. The van der Waals surface area contributed by atoms with E-state index in [1.54, 1.807) is 27.7 Å². The van der Waals surface area contributed by atoms with E-state index in [2.05, 4.69) is 12.6 Å². The highest BCUT2D eigenvalue weighted by Gasteiger charge is 2.45. The molecule has 1 aromatic carbocycles. The van der Waals surface area contributed by atoms with Crippen molar-refractivity contribution in [1.29, 1.82) is 0 Å². The molecular formula is C19H27NO5S. The van der Waals surface area contributed by atoms with Crippen molar-refractivity contribution in [2.24, 2.45) is 0 Å². The summed E-state index contributed by atoms with van der Waals surface area (Å²) in [6.45, 7) is 7.09. The number of benzene rings is 1. The standard InChI is InChI=1S/C19H27NO5S/c1-18(2,3)25-15(21)11-19(4,26)16(22)20-14(12-24-17(20)23)10-13-8-6-5-7-9-13/h5-9,14,16,22,26H,10-12H2,1-4H3/t14-,16?,19+/m1/s1. The van der Waals surface area contributed by atoms with Crippen molar-refractivity contribution in [3.05, 3.63) is 35.9 Å². The number of nitrogens with zero attached hydrogens (tertiary/aromatic N) is 1. The van der Waals surface area contributed by atoms with Crippen molar-refractivity contribution < 1.29 is 24.2 Å². The van der Waals surface area contributed by atoms with Gasteiger partial charge in [0.1, 0.15) is 18.4 Å². The second-order valence-electron chi connectivity index (χ2n) is 7.82. The maximum Gasteiger partial charge on any atom is 0.412 e. The zero-order chi connectivity index (χ0) is 19.5. The van der Waals surface area contributed by atoms with Gasteiger partial charge >= 0.3 is 12.1 Å². The maximum absolute atomic E-state index is 12.2. The van der Waals surface area contributed by atoms with Crippen LogP contribution in [0, 0.1) is 0 Å². The monoisotopic (exact) mass is 381 g/mol. The number of carbonyl (C=O) groups excluding carboxylic acids is 2. The molecule has 1 amide bonds. The molecule has 1 heterocycles. The van der Waals surface area contributed by atoms with Gasteiger partial charge in [0.25, 0.3) is 0 Å². The van der Waals surface area contributed by atoms with E-state index in [-0.39, 0.29) is 19.1 Å². The zero-order valence-electron chi connectivity index (χ0n) is 15.6. The Labute approximate surface area is 159 Å². The minimum Gasteiger partial charge on any atom is -0.460 e. The van der Waals surface area contributed by atoms with Crippen LogP contribution in [0.25, 0.3) is 0 Å². The van der Waals surface area contributed by atoms with Crippen molar-refractivity contribution >= 4 is 24.7 Å².